The number of rotatable bonds is 2. The number of nitrogens with two attached hydrogens (primary N) is 1. The third kappa shape index (κ3) is 2.97. The fraction of sp³-hybridized carbons (Fsp3) is 0.462. The lowest BCUT2D eigenvalue weighted by Gasteiger charge is -2.21. The van der Waals surface area contributed by atoms with Crippen LogP contribution in [0.25, 0.3) is 0 Å². The molecule has 1 aromatic rings. The number of carbonyl (C=O) groups excluding carboxylic acids is 1. The molecule has 0 saturated carbocycles. The molecule has 0 bridgehead atoms. The van der Waals surface area contributed by atoms with Crippen LogP contribution in [0.15, 0.2) is 24.3 Å². The minimum atomic E-state index is 0.0523. The lowest BCUT2D eigenvalue weighted by Crippen LogP contribution is -2.32. The monoisotopic (exact) mass is 233 g/mol. The number of nitrogens with zero attached hydrogens (tertiary/aromatic N) is 1. The summed E-state index contributed by atoms with van der Waals surface area (Å²) < 4.78 is 0. The third-order valence-electron chi connectivity index (χ3n) is 3.05. The fourth-order valence-electron chi connectivity index (χ4n) is 2.02. The predicted molar refractivity (Wildman–Crippen MR) is 68.9 cm³/mol. The molecule has 1 heterocycles. The number of hydrogen-bond acceptors (Lipinski definition) is 3. The quantitative estimate of drug-likeness (QED) is 0.802. The molecule has 0 aromatic heterocycles. The van der Waals surface area contributed by atoms with Crippen LogP contribution < -0.4 is 16.0 Å². The maximum atomic E-state index is 11.5. The van der Waals surface area contributed by atoms with Gasteiger partial charge in [0.15, 0.2) is 0 Å². The number of anilines is 1. The molecule has 1 aliphatic rings. The summed E-state index contributed by atoms with van der Waals surface area (Å²) in [5.41, 5.74) is 8.02. The van der Waals surface area contributed by atoms with Crippen LogP contribution >= 0.6 is 0 Å². The van der Waals surface area contributed by atoms with Crippen molar-refractivity contribution in [1.29, 1.82) is 0 Å². The highest BCUT2D eigenvalue weighted by Gasteiger charge is 2.14. The zero-order chi connectivity index (χ0) is 12.3. The first kappa shape index (κ1) is 11.9. The van der Waals surface area contributed by atoms with Crippen molar-refractivity contribution in [3.05, 3.63) is 29.8 Å². The lowest BCUT2D eigenvalue weighted by atomic mass is 10.1. The summed E-state index contributed by atoms with van der Waals surface area (Å²) in [7, 11) is 0. The number of benzene rings is 1. The maximum Gasteiger partial charge on any atom is 0.239 e. The normalized spacial score (nSPS) is 18.5. The SMILES string of the molecule is C[C@@H](N)c1ccc(N2CCCNC(=O)C2)cc1. The summed E-state index contributed by atoms with van der Waals surface area (Å²) in [5.74, 6) is 0.0961. The summed E-state index contributed by atoms with van der Waals surface area (Å²) in [5, 5.41) is 2.87. The highest BCUT2D eigenvalue weighted by Crippen LogP contribution is 2.18. The van der Waals surface area contributed by atoms with E-state index in [4.69, 9.17) is 5.73 Å². The Labute approximate surface area is 102 Å². The van der Waals surface area contributed by atoms with E-state index in [1.54, 1.807) is 0 Å². The van der Waals surface area contributed by atoms with Gasteiger partial charge in [0.25, 0.3) is 0 Å². The van der Waals surface area contributed by atoms with Crippen LogP contribution in [-0.2, 0) is 4.79 Å². The Morgan fingerprint density at radius 2 is 2.06 bits per heavy atom. The predicted octanol–water partition coefficient (Wildman–Crippen LogP) is 1.03. The second-order valence-electron chi connectivity index (χ2n) is 4.51. The van der Waals surface area contributed by atoms with Gasteiger partial charge in [0.05, 0.1) is 6.54 Å². The average molecular weight is 233 g/mol. The van der Waals surface area contributed by atoms with Crippen molar-refractivity contribution in [2.75, 3.05) is 24.5 Å². The van der Waals surface area contributed by atoms with Crippen LogP contribution in [0.4, 0.5) is 5.69 Å². The van der Waals surface area contributed by atoms with E-state index >= 15 is 0 Å². The van der Waals surface area contributed by atoms with E-state index in [1.165, 1.54) is 0 Å². The molecule has 1 aromatic carbocycles. The Morgan fingerprint density at radius 3 is 2.71 bits per heavy atom. The lowest BCUT2D eigenvalue weighted by molar-refractivity contribution is -0.119. The summed E-state index contributed by atoms with van der Waals surface area (Å²) >= 11 is 0. The molecule has 1 aliphatic heterocycles. The van der Waals surface area contributed by atoms with Gasteiger partial charge in [0.1, 0.15) is 0 Å². The zero-order valence-corrected chi connectivity index (χ0v) is 10.1. The molecule has 1 saturated heterocycles. The Hall–Kier alpha value is -1.55. The number of hydrogen-bond donors (Lipinski definition) is 2. The van der Waals surface area contributed by atoms with E-state index in [9.17, 15) is 4.79 Å². The molecule has 1 atom stereocenters. The molecule has 3 N–H and O–H groups in total. The summed E-state index contributed by atoms with van der Waals surface area (Å²) in [6.07, 6.45) is 0.987. The topological polar surface area (TPSA) is 58.4 Å². The summed E-state index contributed by atoms with van der Waals surface area (Å²) in [4.78, 5) is 13.6. The largest absolute Gasteiger partial charge is 0.362 e. The molecule has 0 aliphatic carbocycles. The minimum absolute atomic E-state index is 0.0523. The van der Waals surface area contributed by atoms with Crippen molar-refractivity contribution < 1.29 is 4.79 Å². The molecule has 0 spiro atoms. The Kier molecular flexibility index (Phi) is 3.64. The van der Waals surface area contributed by atoms with Gasteiger partial charge in [0, 0.05) is 24.8 Å². The van der Waals surface area contributed by atoms with Crippen molar-refractivity contribution in [1.82, 2.24) is 5.32 Å². The summed E-state index contributed by atoms with van der Waals surface area (Å²) in [6.45, 7) is 4.09. The van der Waals surface area contributed by atoms with E-state index in [-0.39, 0.29) is 11.9 Å². The molecule has 0 unspecified atom stereocenters. The second kappa shape index (κ2) is 5.19. The molecule has 1 amide bonds. The van der Waals surface area contributed by atoms with Gasteiger partial charge in [-0.25, -0.2) is 0 Å². The summed E-state index contributed by atoms with van der Waals surface area (Å²) in [6, 6.07) is 8.19. The highest BCUT2D eigenvalue weighted by molar-refractivity contribution is 5.81. The van der Waals surface area contributed by atoms with E-state index in [0.717, 1.165) is 30.8 Å². The fourth-order valence-corrected chi connectivity index (χ4v) is 2.02. The first-order valence-corrected chi connectivity index (χ1v) is 6.04. The highest BCUT2D eigenvalue weighted by atomic mass is 16.2. The van der Waals surface area contributed by atoms with Crippen molar-refractivity contribution in [3.8, 4) is 0 Å². The van der Waals surface area contributed by atoms with Crippen LogP contribution in [0, 0.1) is 0 Å². The Bertz CT molecular complexity index is 386. The van der Waals surface area contributed by atoms with Gasteiger partial charge in [-0.3, -0.25) is 4.79 Å². The smallest absolute Gasteiger partial charge is 0.239 e. The Morgan fingerprint density at radius 1 is 1.35 bits per heavy atom. The van der Waals surface area contributed by atoms with Gasteiger partial charge in [-0.1, -0.05) is 12.1 Å². The molecule has 4 heteroatoms. The minimum Gasteiger partial charge on any atom is -0.362 e. The van der Waals surface area contributed by atoms with E-state index in [1.807, 2.05) is 31.2 Å². The van der Waals surface area contributed by atoms with Gasteiger partial charge in [-0.15, -0.1) is 0 Å². The van der Waals surface area contributed by atoms with Crippen molar-refractivity contribution in [2.24, 2.45) is 5.73 Å². The van der Waals surface area contributed by atoms with Crippen LogP contribution in [0.1, 0.15) is 24.9 Å². The molecule has 92 valence electrons. The van der Waals surface area contributed by atoms with Crippen molar-refractivity contribution in [2.45, 2.75) is 19.4 Å². The molecule has 1 fully saturated rings. The van der Waals surface area contributed by atoms with Gasteiger partial charge >= 0.3 is 0 Å². The Balaban J connectivity index is 2.12. The molecule has 4 nitrogen and oxygen atoms in total. The number of carbonyl (C=O) groups is 1. The van der Waals surface area contributed by atoms with E-state index in [0.29, 0.717) is 6.54 Å². The van der Waals surface area contributed by atoms with Crippen LogP contribution in [0.3, 0.4) is 0 Å². The first-order valence-electron chi connectivity index (χ1n) is 6.04. The second-order valence-corrected chi connectivity index (χ2v) is 4.51. The third-order valence-corrected chi connectivity index (χ3v) is 3.05. The van der Waals surface area contributed by atoms with E-state index in [2.05, 4.69) is 10.2 Å². The van der Waals surface area contributed by atoms with Gasteiger partial charge in [0.2, 0.25) is 5.91 Å². The first-order chi connectivity index (χ1) is 8.16. The number of amides is 1. The van der Waals surface area contributed by atoms with Crippen LogP contribution in [0.2, 0.25) is 0 Å². The van der Waals surface area contributed by atoms with E-state index < -0.39 is 0 Å². The molecule has 0 radical (unpaired) electrons. The van der Waals surface area contributed by atoms with Crippen molar-refractivity contribution >= 4 is 11.6 Å². The average Bonchev–Trinajstić information content (AvgIpc) is 2.54. The van der Waals surface area contributed by atoms with Gasteiger partial charge in [-0.2, -0.15) is 0 Å². The molecular formula is C13H19N3O. The van der Waals surface area contributed by atoms with Crippen molar-refractivity contribution in [3.63, 3.8) is 0 Å². The maximum absolute atomic E-state index is 11.5. The zero-order valence-electron chi connectivity index (χ0n) is 10.1. The molecule has 17 heavy (non-hydrogen) atoms. The molecular weight excluding hydrogens is 214 g/mol. The van der Waals surface area contributed by atoms with Gasteiger partial charge in [-0.05, 0) is 31.0 Å². The van der Waals surface area contributed by atoms with Gasteiger partial charge < -0.3 is 16.0 Å². The van der Waals surface area contributed by atoms with Crippen LogP contribution in [-0.4, -0.2) is 25.5 Å². The number of nitrogens with one attached hydrogen (secondary N) is 1. The van der Waals surface area contributed by atoms with Crippen LogP contribution in [0.5, 0.6) is 0 Å². The standard InChI is InChI=1S/C13H19N3O/c1-10(14)11-3-5-12(6-4-11)16-8-2-7-15-13(17)9-16/h3-6,10H,2,7-9,14H2,1H3,(H,15,17)/t10-/m1/s1. The molecule has 2 rings (SSSR count).